The molecular weight excluding hydrogens is 220 g/mol. The summed E-state index contributed by atoms with van der Waals surface area (Å²) in [6, 6.07) is 4.09. The Kier molecular flexibility index (Phi) is 4.05. The van der Waals surface area contributed by atoms with Gasteiger partial charge in [0.1, 0.15) is 0 Å². The van der Waals surface area contributed by atoms with Gasteiger partial charge in [-0.2, -0.15) is 0 Å². The fourth-order valence-electron chi connectivity index (χ4n) is 2.30. The Morgan fingerprint density at radius 3 is 3.00 bits per heavy atom. The van der Waals surface area contributed by atoms with Crippen molar-refractivity contribution >= 4 is 17.3 Å². The van der Waals surface area contributed by atoms with Crippen molar-refractivity contribution in [3.8, 4) is 0 Å². The molecule has 1 saturated carbocycles. The van der Waals surface area contributed by atoms with Gasteiger partial charge in [0.15, 0.2) is 0 Å². The van der Waals surface area contributed by atoms with Gasteiger partial charge < -0.3 is 5.32 Å². The summed E-state index contributed by atoms with van der Waals surface area (Å²) in [7, 11) is 0. The normalized spacial score (nSPS) is 25.4. The quantitative estimate of drug-likeness (QED) is 0.814. The number of anilines is 1. The Bertz CT molecular complexity index is 340. The first kappa shape index (κ1) is 11.7. The van der Waals surface area contributed by atoms with Gasteiger partial charge in [-0.3, -0.25) is 4.98 Å². The van der Waals surface area contributed by atoms with E-state index in [2.05, 4.69) is 16.4 Å². The van der Waals surface area contributed by atoms with Crippen molar-refractivity contribution in [1.82, 2.24) is 4.98 Å². The van der Waals surface area contributed by atoms with Gasteiger partial charge >= 0.3 is 0 Å². The molecule has 1 fully saturated rings. The number of nitrogens with zero attached hydrogens (tertiary/aromatic N) is 1. The molecule has 0 aliphatic heterocycles. The molecule has 0 spiro atoms. The van der Waals surface area contributed by atoms with Crippen molar-refractivity contribution in [1.29, 1.82) is 0 Å². The van der Waals surface area contributed by atoms with E-state index in [1.807, 2.05) is 19.2 Å². The van der Waals surface area contributed by atoms with Crippen LogP contribution in [-0.4, -0.2) is 16.9 Å². The van der Waals surface area contributed by atoms with Gasteiger partial charge in [-0.05, 0) is 37.8 Å². The molecule has 16 heavy (non-hydrogen) atoms. The summed E-state index contributed by atoms with van der Waals surface area (Å²) in [5.41, 5.74) is 2.21. The van der Waals surface area contributed by atoms with E-state index in [9.17, 15) is 0 Å². The molecule has 1 heterocycles. The zero-order valence-corrected chi connectivity index (χ0v) is 10.5. The first-order chi connectivity index (χ1) is 7.75. The molecule has 1 aromatic heterocycles. The number of halogens is 1. The number of rotatable bonds is 3. The predicted octanol–water partition coefficient (Wildman–Crippen LogP) is 3.60. The molecule has 1 aromatic rings. The lowest BCUT2D eigenvalue weighted by atomic mass is 9.88. The summed E-state index contributed by atoms with van der Waals surface area (Å²) < 4.78 is 0. The summed E-state index contributed by atoms with van der Waals surface area (Å²) in [5.74, 6) is 0.615. The fourth-order valence-corrected chi connectivity index (χ4v) is 2.67. The van der Waals surface area contributed by atoms with Crippen LogP contribution in [0.25, 0.3) is 0 Å². The van der Waals surface area contributed by atoms with E-state index in [0.29, 0.717) is 11.3 Å². The molecule has 2 atom stereocenters. The van der Waals surface area contributed by atoms with Crippen molar-refractivity contribution < 1.29 is 0 Å². The minimum absolute atomic E-state index is 0.351. The molecule has 0 bridgehead atoms. The van der Waals surface area contributed by atoms with Gasteiger partial charge in [0.05, 0.1) is 0 Å². The second kappa shape index (κ2) is 5.53. The van der Waals surface area contributed by atoms with E-state index in [4.69, 9.17) is 11.6 Å². The lowest BCUT2D eigenvalue weighted by Gasteiger charge is -2.27. The van der Waals surface area contributed by atoms with Crippen LogP contribution in [0, 0.1) is 12.8 Å². The van der Waals surface area contributed by atoms with Crippen LogP contribution in [0.1, 0.15) is 31.4 Å². The van der Waals surface area contributed by atoms with Crippen LogP contribution in [-0.2, 0) is 0 Å². The Morgan fingerprint density at radius 1 is 1.44 bits per heavy atom. The van der Waals surface area contributed by atoms with Crippen molar-refractivity contribution in [2.45, 2.75) is 38.0 Å². The molecule has 0 aromatic carbocycles. The minimum atomic E-state index is 0.351. The molecular formula is C13H19ClN2. The second-order valence-electron chi connectivity index (χ2n) is 4.63. The largest absolute Gasteiger partial charge is 0.385 e. The Labute approximate surface area is 102 Å². The smallest absolute Gasteiger partial charge is 0.0393 e. The first-order valence-corrected chi connectivity index (χ1v) is 6.50. The fraction of sp³-hybridized carbons (Fsp3) is 0.615. The number of hydrogen-bond donors (Lipinski definition) is 1. The van der Waals surface area contributed by atoms with Crippen LogP contribution in [0.2, 0.25) is 0 Å². The summed E-state index contributed by atoms with van der Waals surface area (Å²) in [5, 5.41) is 3.81. The average molecular weight is 239 g/mol. The topological polar surface area (TPSA) is 24.9 Å². The molecule has 0 saturated heterocycles. The molecule has 1 N–H and O–H groups in total. The third-order valence-corrected chi connectivity index (χ3v) is 3.86. The van der Waals surface area contributed by atoms with Crippen LogP contribution >= 0.6 is 11.6 Å². The Balaban J connectivity index is 1.86. The van der Waals surface area contributed by atoms with E-state index in [1.165, 1.54) is 25.7 Å². The molecule has 2 rings (SSSR count). The zero-order chi connectivity index (χ0) is 11.4. The van der Waals surface area contributed by atoms with E-state index in [-0.39, 0.29) is 0 Å². The number of hydrogen-bond acceptors (Lipinski definition) is 2. The van der Waals surface area contributed by atoms with Crippen molar-refractivity contribution in [2.24, 2.45) is 5.92 Å². The van der Waals surface area contributed by atoms with Gasteiger partial charge in [0, 0.05) is 29.5 Å². The van der Waals surface area contributed by atoms with E-state index in [0.717, 1.165) is 17.9 Å². The number of aryl methyl sites for hydroxylation is 1. The van der Waals surface area contributed by atoms with Crippen LogP contribution in [0.5, 0.6) is 0 Å². The maximum atomic E-state index is 6.33. The van der Waals surface area contributed by atoms with Gasteiger partial charge in [0.25, 0.3) is 0 Å². The summed E-state index contributed by atoms with van der Waals surface area (Å²) in [4.78, 5) is 4.18. The lowest BCUT2D eigenvalue weighted by Crippen LogP contribution is -2.26. The lowest BCUT2D eigenvalue weighted by molar-refractivity contribution is 0.380. The van der Waals surface area contributed by atoms with Crippen molar-refractivity contribution in [3.63, 3.8) is 0 Å². The first-order valence-electron chi connectivity index (χ1n) is 6.06. The third kappa shape index (κ3) is 3.11. The molecule has 88 valence electrons. The summed E-state index contributed by atoms with van der Waals surface area (Å²) in [6.07, 6.45) is 6.88. The van der Waals surface area contributed by atoms with Crippen LogP contribution in [0.3, 0.4) is 0 Å². The average Bonchev–Trinajstić information content (AvgIpc) is 2.28. The van der Waals surface area contributed by atoms with Gasteiger partial charge in [-0.15, -0.1) is 11.6 Å². The van der Waals surface area contributed by atoms with Crippen LogP contribution in [0.4, 0.5) is 5.69 Å². The van der Waals surface area contributed by atoms with E-state index in [1.54, 1.807) is 0 Å². The third-order valence-electron chi connectivity index (χ3n) is 3.28. The predicted molar refractivity (Wildman–Crippen MR) is 69.1 cm³/mol. The van der Waals surface area contributed by atoms with Gasteiger partial charge in [0.2, 0.25) is 0 Å². The van der Waals surface area contributed by atoms with Gasteiger partial charge in [-0.1, -0.05) is 12.8 Å². The van der Waals surface area contributed by atoms with Crippen LogP contribution in [0.15, 0.2) is 18.3 Å². The molecule has 2 nitrogen and oxygen atoms in total. The van der Waals surface area contributed by atoms with E-state index >= 15 is 0 Å². The maximum absolute atomic E-state index is 6.33. The number of alkyl halides is 1. The highest BCUT2D eigenvalue weighted by atomic mass is 35.5. The molecule has 0 amide bonds. The van der Waals surface area contributed by atoms with Crippen molar-refractivity contribution in [3.05, 3.63) is 24.0 Å². The highest BCUT2D eigenvalue weighted by Gasteiger charge is 2.22. The minimum Gasteiger partial charge on any atom is -0.385 e. The highest BCUT2D eigenvalue weighted by Crippen LogP contribution is 2.28. The number of nitrogens with one attached hydrogen (secondary N) is 1. The molecule has 1 aliphatic rings. The zero-order valence-electron chi connectivity index (χ0n) is 9.75. The Hall–Kier alpha value is -0.760. The standard InChI is InChI=1S/C13H19ClN2/c1-10-8-12(6-7-15-10)16-9-11-4-2-3-5-13(11)14/h6-8,11,13H,2-5,9H2,1H3,(H,15,16). The second-order valence-corrected chi connectivity index (χ2v) is 5.19. The Morgan fingerprint density at radius 2 is 2.25 bits per heavy atom. The van der Waals surface area contributed by atoms with Gasteiger partial charge in [-0.25, -0.2) is 0 Å². The van der Waals surface area contributed by atoms with Crippen molar-refractivity contribution in [2.75, 3.05) is 11.9 Å². The monoisotopic (exact) mass is 238 g/mol. The molecule has 0 radical (unpaired) electrons. The summed E-state index contributed by atoms with van der Waals surface area (Å²) in [6.45, 7) is 2.99. The summed E-state index contributed by atoms with van der Waals surface area (Å²) >= 11 is 6.33. The number of pyridine rings is 1. The molecule has 1 aliphatic carbocycles. The van der Waals surface area contributed by atoms with E-state index < -0.39 is 0 Å². The SMILES string of the molecule is Cc1cc(NCC2CCCCC2Cl)ccn1. The van der Waals surface area contributed by atoms with Crippen LogP contribution < -0.4 is 5.32 Å². The molecule has 3 heteroatoms. The number of aromatic nitrogens is 1. The highest BCUT2D eigenvalue weighted by molar-refractivity contribution is 6.20. The maximum Gasteiger partial charge on any atom is 0.0393 e. The molecule has 2 unspecified atom stereocenters.